The highest BCUT2D eigenvalue weighted by Gasteiger charge is 2.16. The predicted molar refractivity (Wildman–Crippen MR) is 107 cm³/mol. The molecule has 0 saturated carbocycles. The summed E-state index contributed by atoms with van der Waals surface area (Å²) < 4.78 is 0. The molecule has 0 aliphatic carbocycles. The summed E-state index contributed by atoms with van der Waals surface area (Å²) in [6.07, 6.45) is 3.64. The van der Waals surface area contributed by atoms with Crippen LogP contribution in [0.2, 0.25) is 5.02 Å². The normalized spacial score (nSPS) is 16.6. The maximum Gasteiger partial charge on any atom is 0.0657 e. The molecular formula is C20H21Cl2N3. The van der Waals surface area contributed by atoms with Crippen LogP contribution < -0.4 is 0 Å². The van der Waals surface area contributed by atoms with E-state index in [-0.39, 0.29) is 0 Å². The van der Waals surface area contributed by atoms with Crippen LogP contribution in [0.25, 0.3) is 6.08 Å². The van der Waals surface area contributed by atoms with Crippen molar-refractivity contribution in [2.75, 3.05) is 26.2 Å². The summed E-state index contributed by atoms with van der Waals surface area (Å²) in [6, 6.07) is 18.0. The molecule has 0 amide bonds. The van der Waals surface area contributed by atoms with Gasteiger partial charge >= 0.3 is 0 Å². The first kappa shape index (κ1) is 18.0. The molecule has 0 unspecified atom stereocenters. The molecule has 0 N–H and O–H groups in total. The molecule has 25 heavy (non-hydrogen) atoms. The summed E-state index contributed by atoms with van der Waals surface area (Å²) in [5.74, 6) is 0. The Morgan fingerprint density at radius 1 is 0.960 bits per heavy atom. The third-order valence-corrected chi connectivity index (χ3v) is 4.72. The average molecular weight is 374 g/mol. The van der Waals surface area contributed by atoms with Crippen LogP contribution in [0.15, 0.2) is 64.7 Å². The summed E-state index contributed by atoms with van der Waals surface area (Å²) in [5.41, 5.74) is 2.25. The second-order valence-corrected chi connectivity index (χ2v) is 6.85. The van der Waals surface area contributed by atoms with Crippen LogP contribution in [0.5, 0.6) is 0 Å². The highest BCUT2D eigenvalue weighted by molar-refractivity contribution is 6.41. The Morgan fingerprint density at radius 3 is 2.36 bits per heavy atom. The summed E-state index contributed by atoms with van der Waals surface area (Å²) >= 11 is 12.5. The van der Waals surface area contributed by atoms with Gasteiger partial charge in [0.05, 0.1) is 11.2 Å². The number of hydrogen-bond donors (Lipinski definition) is 0. The van der Waals surface area contributed by atoms with Crippen molar-refractivity contribution in [3.63, 3.8) is 0 Å². The minimum Gasteiger partial charge on any atom is -0.295 e. The van der Waals surface area contributed by atoms with Crippen molar-refractivity contribution in [3.8, 4) is 0 Å². The fraction of sp³-hybridized carbons (Fsp3) is 0.250. The van der Waals surface area contributed by atoms with E-state index < -0.39 is 0 Å². The monoisotopic (exact) mass is 373 g/mol. The van der Waals surface area contributed by atoms with Crippen LogP contribution in [-0.2, 0) is 6.54 Å². The Bertz CT molecular complexity index is 736. The number of nitrogens with zero attached hydrogens (tertiary/aromatic N) is 3. The molecule has 1 aliphatic heterocycles. The van der Waals surface area contributed by atoms with E-state index in [9.17, 15) is 0 Å². The van der Waals surface area contributed by atoms with Gasteiger partial charge in [-0.1, -0.05) is 71.7 Å². The molecule has 2 aromatic carbocycles. The van der Waals surface area contributed by atoms with E-state index in [1.54, 1.807) is 6.21 Å². The smallest absolute Gasteiger partial charge is 0.0657 e. The number of hydrazone groups is 1. The zero-order chi connectivity index (χ0) is 17.5. The third-order valence-electron chi connectivity index (χ3n) is 4.15. The SMILES string of the molecule is ClC(C=NN1CCN(Cc2ccccc2Cl)CC1)=Cc1ccccc1. The molecule has 2 aromatic rings. The first-order valence-corrected chi connectivity index (χ1v) is 9.13. The van der Waals surface area contributed by atoms with Gasteiger partial charge < -0.3 is 0 Å². The molecule has 0 radical (unpaired) electrons. The molecule has 1 heterocycles. The largest absolute Gasteiger partial charge is 0.295 e. The van der Waals surface area contributed by atoms with Crippen molar-refractivity contribution in [1.82, 2.24) is 9.91 Å². The molecule has 1 aliphatic rings. The van der Waals surface area contributed by atoms with Crippen LogP contribution in [0.4, 0.5) is 0 Å². The lowest BCUT2D eigenvalue weighted by Crippen LogP contribution is -2.43. The minimum atomic E-state index is 0.629. The van der Waals surface area contributed by atoms with E-state index in [1.807, 2.05) is 54.6 Å². The van der Waals surface area contributed by atoms with E-state index in [2.05, 4.69) is 21.1 Å². The molecule has 0 atom stereocenters. The second-order valence-electron chi connectivity index (χ2n) is 6.01. The molecule has 3 rings (SSSR count). The van der Waals surface area contributed by atoms with Gasteiger partial charge in [0.25, 0.3) is 0 Å². The first-order valence-electron chi connectivity index (χ1n) is 8.37. The van der Waals surface area contributed by atoms with E-state index in [1.165, 1.54) is 5.56 Å². The van der Waals surface area contributed by atoms with Crippen molar-refractivity contribution in [2.45, 2.75) is 6.54 Å². The number of rotatable bonds is 5. The maximum atomic E-state index is 6.25. The quantitative estimate of drug-likeness (QED) is 0.705. The van der Waals surface area contributed by atoms with Gasteiger partial charge in [-0.3, -0.25) is 9.91 Å². The summed E-state index contributed by atoms with van der Waals surface area (Å²) in [6.45, 7) is 4.57. The molecule has 1 fully saturated rings. The highest BCUT2D eigenvalue weighted by atomic mass is 35.5. The summed E-state index contributed by atoms with van der Waals surface area (Å²) in [4.78, 5) is 2.40. The van der Waals surface area contributed by atoms with Crippen molar-refractivity contribution in [1.29, 1.82) is 0 Å². The van der Waals surface area contributed by atoms with E-state index >= 15 is 0 Å². The molecule has 1 saturated heterocycles. The number of halogens is 2. The van der Waals surface area contributed by atoms with Gasteiger partial charge in [-0.15, -0.1) is 0 Å². The van der Waals surface area contributed by atoms with Crippen LogP contribution in [0.1, 0.15) is 11.1 Å². The van der Waals surface area contributed by atoms with Crippen molar-refractivity contribution < 1.29 is 0 Å². The lowest BCUT2D eigenvalue weighted by Gasteiger charge is -2.33. The van der Waals surface area contributed by atoms with Crippen LogP contribution in [0.3, 0.4) is 0 Å². The van der Waals surface area contributed by atoms with Gasteiger partial charge in [-0.05, 0) is 23.3 Å². The third kappa shape index (κ3) is 5.60. The van der Waals surface area contributed by atoms with E-state index in [0.717, 1.165) is 43.3 Å². The minimum absolute atomic E-state index is 0.629. The van der Waals surface area contributed by atoms with Crippen molar-refractivity contribution in [2.24, 2.45) is 5.10 Å². The summed E-state index contributed by atoms with van der Waals surface area (Å²) in [7, 11) is 0. The Hall–Kier alpha value is -1.81. The Morgan fingerprint density at radius 2 is 1.64 bits per heavy atom. The van der Waals surface area contributed by atoms with Gasteiger partial charge in [0, 0.05) is 37.7 Å². The van der Waals surface area contributed by atoms with Crippen LogP contribution >= 0.6 is 23.2 Å². The number of piperazine rings is 1. The topological polar surface area (TPSA) is 18.8 Å². The van der Waals surface area contributed by atoms with Gasteiger partial charge in [-0.2, -0.15) is 5.10 Å². The number of allylic oxidation sites excluding steroid dienone is 1. The lowest BCUT2D eigenvalue weighted by atomic mass is 10.2. The first-order chi connectivity index (χ1) is 12.2. The van der Waals surface area contributed by atoms with E-state index in [0.29, 0.717) is 5.03 Å². The van der Waals surface area contributed by atoms with Gasteiger partial charge in [0.2, 0.25) is 0 Å². The van der Waals surface area contributed by atoms with Crippen molar-refractivity contribution >= 4 is 35.5 Å². The zero-order valence-electron chi connectivity index (χ0n) is 14.0. The predicted octanol–water partition coefficient (Wildman–Crippen LogP) is 4.72. The van der Waals surface area contributed by atoms with E-state index in [4.69, 9.17) is 23.2 Å². The number of benzene rings is 2. The van der Waals surface area contributed by atoms with Crippen molar-refractivity contribution in [3.05, 3.63) is 75.8 Å². The standard InChI is InChI=1S/C20H21Cl2N3/c21-19(14-17-6-2-1-3-7-17)15-23-25-12-10-24(11-13-25)16-18-8-4-5-9-20(18)22/h1-9,14-15H,10-13,16H2. The second kappa shape index (κ2) is 9.04. The molecule has 130 valence electrons. The van der Waals surface area contributed by atoms with Crippen LogP contribution in [-0.4, -0.2) is 42.3 Å². The number of hydrogen-bond acceptors (Lipinski definition) is 3. The van der Waals surface area contributed by atoms with Gasteiger partial charge in [0.15, 0.2) is 0 Å². The maximum absolute atomic E-state index is 6.25. The average Bonchev–Trinajstić information content (AvgIpc) is 2.64. The molecule has 0 bridgehead atoms. The Kier molecular flexibility index (Phi) is 6.51. The highest BCUT2D eigenvalue weighted by Crippen LogP contribution is 2.18. The fourth-order valence-corrected chi connectivity index (χ4v) is 3.13. The molecular weight excluding hydrogens is 353 g/mol. The Labute approximate surface area is 159 Å². The fourth-order valence-electron chi connectivity index (χ4n) is 2.76. The zero-order valence-corrected chi connectivity index (χ0v) is 15.5. The van der Waals surface area contributed by atoms with Gasteiger partial charge in [-0.25, -0.2) is 0 Å². The molecule has 3 nitrogen and oxygen atoms in total. The molecule has 0 spiro atoms. The summed E-state index contributed by atoms with van der Waals surface area (Å²) in [5, 5.41) is 8.02. The lowest BCUT2D eigenvalue weighted by molar-refractivity contribution is 0.131. The molecule has 0 aromatic heterocycles. The van der Waals surface area contributed by atoms with Crippen LogP contribution in [0, 0.1) is 0 Å². The molecule has 5 heteroatoms. The Balaban J connectivity index is 1.49. The van der Waals surface area contributed by atoms with Gasteiger partial charge in [0.1, 0.15) is 0 Å².